The Bertz CT molecular complexity index is 939. The van der Waals surface area contributed by atoms with E-state index in [9.17, 15) is 9.59 Å². The highest BCUT2D eigenvalue weighted by Crippen LogP contribution is 2.30. The van der Waals surface area contributed by atoms with Crippen molar-refractivity contribution in [3.05, 3.63) is 48.0 Å². The standard InChI is InChI=1S/C18H17N3O3S2/c1-2-24-17(23)11-3-6-13(7-4-11)20-16(22)10-25-18-21-14-8-5-12(19)9-15(14)26-18/h3-9H,2,10,19H2,1H3,(H,20,22). The van der Waals surface area contributed by atoms with Gasteiger partial charge in [-0.05, 0) is 49.4 Å². The first-order valence-electron chi connectivity index (χ1n) is 7.91. The number of carbonyl (C=O) groups excluding carboxylic acids is 2. The summed E-state index contributed by atoms with van der Waals surface area (Å²) in [5.74, 6) is -0.273. The number of carbonyl (C=O) groups is 2. The van der Waals surface area contributed by atoms with Crippen molar-refractivity contribution in [3.8, 4) is 0 Å². The molecule has 1 heterocycles. The van der Waals surface area contributed by atoms with Crippen molar-refractivity contribution in [2.24, 2.45) is 0 Å². The first kappa shape index (κ1) is 18.2. The summed E-state index contributed by atoms with van der Waals surface area (Å²) in [6.07, 6.45) is 0. The van der Waals surface area contributed by atoms with Crippen LogP contribution in [0.1, 0.15) is 17.3 Å². The number of fused-ring (bicyclic) bond motifs is 1. The average molecular weight is 387 g/mol. The summed E-state index contributed by atoms with van der Waals surface area (Å²) >= 11 is 2.88. The summed E-state index contributed by atoms with van der Waals surface area (Å²) in [5.41, 5.74) is 8.42. The zero-order chi connectivity index (χ0) is 18.5. The zero-order valence-corrected chi connectivity index (χ0v) is 15.7. The van der Waals surface area contributed by atoms with Gasteiger partial charge in [-0.3, -0.25) is 4.79 Å². The maximum Gasteiger partial charge on any atom is 0.338 e. The van der Waals surface area contributed by atoms with Gasteiger partial charge in [0.05, 0.1) is 28.1 Å². The van der Waals surface area contributed by atoms with Crippen molar-refractivity contribution in [1.82, 2.24) is 4.98 Å². The molecule has 3 N–H and O–H groups in total. The van der Waals surface area contributed by atoms with Crippen molar-refractivity contribution in [2.45, 2.75) is 11.3 Å². The number of thiazole rings is 1. The molecule has 0 saturated heterocycles. The molecule has 0 bridgehead atoms. The number of anilines is 2. The van der Waals surface area contributed by atoms with Gasteiger partial charge >= 0.3 is 5.97 Å². The first-order chi connectivity index (χ1) is 12.5. The summed E-state index contributed by atoms with van der Waals surface area (Å²) in [4.78, 5) is 28.2. The number of amides is 1. The molecule has 8 heteroatoms. The van der Waals surface area contributed by atoms with Gasteiger partial charge in [-0.15, -0.1) is 11.3 Å². The molecule has 26 heavy (non-hydrogen) atoms. The number of benzene rings is 2. The number of hydrogen-bond donors (Lipinski definition) is 2. The molecule has 0 aliphatic carbocycles. The lowest BCUT2D eigenvalue weighted by Gasteiger charge is -2.06. The van der Waals surface area contributed by atoms with Crippen LogP contribution in [0.3, 0.4) is 0 Å². The molecule has 0 fully saturated rings. The fourth-order valence-electron chi connectivity index (χ4n) is 2.21. The molecule has 2 aromatic carbocycles. The summed E-state index contributed by atoms with van der Waals surface area (Å²) < 4.78 is 6.75. The molecular formula is C18H17N3O3S2. The lowest BCUT2D eigenvalue weighted by molar-refractivity contribution is -0.113. The van der Waals surface area contributed by atoms with Crippen LogP contribution in [0.15, 0.2) is 46.8 Å². The smallest absolute Gasteiger partial charge is 0.338 e. The molecule has 1 amide bonds. The van der Waals surface area contributed by atoms with Crippen molar-refractivity contribution < 1.29 is 14.3 Å². The van der Waals surface area contributed by atoms with Crippen LogP contribution in [0.4, 0.5) is 11.4 Å². The van der Waals surface area contributed by atoms with Gasteiger partial charge in [0.2, 0.25) is 5.91 Å². The van der Waals surface area contributed by atoms with Crippen LogP contribution in [-0.4, -0.2) is 29.2 Å². The Hall–Kier alpha value is -2.58. The number of aromatic nitrogens is 1. The molecule has 0 aliphatic heterocycles. The van der Waals surface area contributed by atoms with E-state index in [0.717, 1.165) is 14.6 Å². The summed E-state index contributed by atoms with van der Waals surface area (Å²) in [6.45, 7) is 2.08. The lowest BCUT2D eigenvalue weighted by atomic mass is 10.2. The summed E-state index contributed by atoms with van der Waals surface area (Å²) in [6, 6.07) is 12.2. The maximum atomic E-state index is 12.1. The number of hydrogen-bond acceptors (Lipinski definition) is 7. The van der Waals surface area contributed by atoms with Crippen molar-refractivity contribution in [2.75, 3.05) is 23.4 Å². The molecule has 0 saturated carbocycles. The molecule has 0 aliphatic rings. The molecule has 1 aromatic heterocycles. The molecule has 0 unspecified atom stereocenters. The molecule has 0 atom stereocenters. The monoisotopic (exact) mass is 387 g/mol. The van der Waals surface area contributed by atoms with E-state index in [1.54, 1.807) is 31.2 Å². The van der Waals surface area contributed by atoms with Crippen LogP contribution in [0.2, 0.25) is 0 Å². The van der Waals surface area contributed by atoms with Crippen molar-refractivity contribution >= 4 is 56.6 Å². The van der Waals surface area contributed by atoms with Gasteiger partial charge in [-0.2, -0.15) is 0 Å². The Labute approximate surface area is 158 Å². The number of nitrogens with one attached hydrogen (secondary N) is 1. The lowest BCUT2D eigenvalue weighted by Crippen LogP contribution is -2.14. The minimum absolute atomic E-state index is 0.141. The number of nitrogens with zero attached hydrogens (tertiary/aromatic N) is 1. The van der Waals surface area contributed by atoms with E-state index in [0.29, 0.717) is 23.5 Å². The van der Waals surface area contributed by atoms with Gasteiger partial charge in [0.15, 0.2) is 4.34 Å². The molecule has 3 aromatic rings. The molecular weight excluding hydrogens is 370 g/mol. The minimum Gasteiger partial charge on any atom is -0.462 e. The third-order valence-corrected chi connectivity index (χ3v) is 5.56. The molecule has 134 valence electrons. The van der Waals surface area contributed by atoms with E-state index < -0.39 is 0 Å². The summed E-state index contributed by atoms with van der Waals surface area (Å²) in [7, 11) is 0. The SMILES string of the molecule is CCOC(=O)c1ccc(NC(=O)CSc2nc3ccc(N)cc3s2)cc1. The minimum atomic E-state index is -0.377. The van der Waals surface area contributed by atoms with Crippen LogP contribution in [0, 0.1) is 0 Å². The normalized spacial score (nSPS) is 10.7. The van der Waals surface area contributed by atoms with E-state index in [1.165, 1.54) is 23.1 Å². The Kier molecular flexibility index (Phi) is 5.75. The Morgan fingerprint density at radius 3 is 2.73 bits per heavy atom. The topological polar surface area (TPSA) is 94.3 Å². The average Bonchev–Trinajstić information content (AvgIpc) is 3.03. The Morgan fingerprint density at radius 1 is 1.23 bits per heavy atom. The van der Waals surface area contributed by atoms with Crippen LogP contribution in [0.25, 0.3) is 10.2 Å². The third-order valence-electron chi connectivity index (χ3n) is 3.40. The van der Waals surface area contributed by atoms with Crippen molar-refractivity contribution in [3.63, 3.8) is 0 Å². The highest BCUT2D eigenvalue weighted by Gasteiger charge is 2.10. The second-order valence-electron chi connectivity index (χ2n) is 5.34. The molecule has 6 nitrogen and oxygen atoms in total. The predicted molar refractivity (Wildman–Crippen MR) is 106 cm³/mol. The predicted octanol–water partition coefficient (Wildman–Crippen LogP) is 3.79. The third kappa shape index (κ3) is 4.53. The van der Waals surface area contributed by atoms with Gasteiger partial charge in [0.1, 0.15) is 0 Å². The number of rotatable bonds is 6. The van der Waals surface area contributed by atoms with Crippen LogP contribution >= 0.6 is 23.1 Å². The highest BCUT2D eigenvalue weighted by atomic mass is 32.2. The largest absolute Gasteiger partial charge is 0.462 e. The van der Waals surface area contributed by atoms with E-state index in [1.807, 2.05) is 18.2 Å². The van der Waals surface area contributed by atoms with Crippen molar-refractivity contribution in [1.29, 1.82) is 0 Å². The first-order valence-corrected chi connectivity index (χ1v) is 9.71. The van der Waals surface area contributed by atoms with Crippen LogP contribution in [-0.2, 0) is 9.53 Å². The summed E-state index contributed by atoms with van der Waals surface area (Å²) in [5, 5.41) is 2.80. The molecule has 0 radical (unpaired) electrons. The second kappa shape index (κ2) is 8.20. The van der Waals surface area contributed by atoms with Gasteiger partial charge in [0, 0.05) is 11.4 Å². The fourth-order valence-corrected chi connectivity index (χ4v) is 4.13. The van der Waals surface area contributed by atoms with Crippen LogP contribution in [0.5, 0.6) is 0 Å². The zero-order valence-electron chi connectivity index (χ0n) is 14.0. The van der Waals surface area contributed by atoms with Crippen LogP contribution < -0.4 is 11.1 Å². The second-order valence-corrected chi connectivity index (χ2v) is 7.59. The quantitative estimate of drug-likeness (QED) is 0.380. The Morgan fingerprint density at radius 2 is 2.00 bits per heavy atom. The number of nitrogen functional groups attached to an aromatic ring is 1. The Balaban J connectivity index is 1.55. The molecule has 3 rings (SSSR count). The number of thioether (sulfide) groups is 1. The van der Waals surface area contributed by atoms with Gasteiger partial charge < -0.3 is 15.8 Å². The van der Waals surface area contributed by atoms with E-state index in [4.69, 9.17) is 10.5 Å². The number of nitrogens with two attached hydrogens (primary N) is 1. The van der Waals surface area contributed by atoms with Gasteiger partial charge in [-0.1, -0.05) is 11.8 Å². The van der Waals surface area contributed by atoms with E-state index in [2.05, 4.69) is 10.3 Å². The highest BCUT2D eigenvalue weighted by molar-refractivity contribution is 8.01. The molecule has 0 spiro atoms. The number of esters is 1. The van der Waals surface area contributed by atoms with E-state index in [-0.39, 0.29) is 17.6 Å². The van der Waals surface area contributed by atoms with E-state index >= 15 is 0 Å². The fraction of sp³-hybridized carbons (Fsp3) is 0.167. The maximum absolute atomic E-state index is 12.1. The number of ether oxygens (including phenoxy) is 1. The van der Waals surface area contributed by atoms with Gasteiger partial charge in [0.25, 0.3) is 0 Å². The van der Waals surface area contributed by atoms with Gasteiger partial charge in [-0.25, -0.2) is 9.78 Å².